The number of hydrogen-bond donors (Lipinski definition) is 3. The van der Waals surface area contributed by atoms with Crippen LogP contribution in [-0.4, -0.2) is 52.8 Å². The Morgan fingerprint density at radius 3 is 2.55 bits per heavy atom. The number of nitrogens with zero attached hydrogens (tertiary/aromatic N) is 2. The maximum atomic E-state index is 12.1. The van der Waals surface area contributed by atoms with Crippen molar-refractivity contribution >= 4 is 0 Å². The number of aromatic amines is 1. The van der Waals surface area contributed by atoms with Gasteiger partial charge in [-0.2, -0.15) is 0 Å². The number of rotatable bonds is 4. The van der Waals surface area contributed by atoms with E-state index in [9.17, 15) is 4.79 Å². The molecule has 0 radical (unpaired) electrons. The van der Waals surface area contributed by atoms with Crippen molar-refractivity contribution in [2.24, 2.45) is 0 Å². The van der Waals surface area contributed by atoms with Gasteiger partial charge in [0.15, 0.2) is 0 Å². The lowest BCUT2D eigenvalue weighted by atomic mass is 10.00. The molecule has 0 atom stereocenters. The fourth-order valence-electron chi connectivity index (χ4n) is 2.68. The SMILES string of the molecule is Cc1nc(C(C)(C)N2CCNCC2)[nH]c(=O)c1CCO. The lowest BCUT2D eigenvalue weighted by molar-refractivity contribution is 0.0943. The van der Waals surface area contributed by atoms with Gasteiger partial charge in [0.1, 0.15) is 5.82 Å². The zero-order valence-electron chi connectivity index (χ0n) is 12.5. The van der Waals surface area contributed by atoms with Gasteiger partial charge in [-0.1, -0.05) is 0 Å². The summed E-state index contributed by atoms with van der Waals surface area (Å²) in [6, 6.07) is 0. The number of aliphatic hydroxyl groups excluding tert-OH is 1. The Hall–Kier alpha value is -1.24. The predicted molar refractivity (Wildman–Crippen MR) is 77.9 cm³/mol. The van der Waals surface area contributed by atoms with Crippen LogP contribution in [0.4, 0.5) is 0 Å². The minimum absolute atomic E-state index is 0.0356. The smallest absolute Gasteiger partial charge is 0.254 e. The van der Waals surface area contributed by atoms with Crippen LogP contribution in [0.1, 0.15) is 30.9 Å². The fraction of sp³-hybridized carbons (Fsp3) is 0.714. The molecule has 1 fully saturated rings. The molecule has 6 heteroatoms. The summed E-state index contributed by atoms with van der Waals surface area (Å²) in [5, 5.41) is 12.3. The summed E-state index contributed by atoms with van der Waals surface area (Å²) < 4.78 is 0. The van der Waals surface area contributed by atoms with Crippen molar-refractivity contribution in [3.8, 4) is 0 Å². The van der Waals surface area contributed by atoms with Crippen LogP contribution in [0.3, 0.4) is 0 Å². The van der Waals surface area contributed by atoms with Gasteiger partial charge in [-0.25, -0.2) is 4.98 Å². The Balaban J connectivity index is 2.34. The topological polar surface area (TPSA) is 81.2 Å². The Kier molecular flexibility index (Phi) is 4.57. The maximum absolute atomic E-state index is 12.1. The van der Waals surface area contributed by atoms with E-state index in [0.29, 0.717) is 23.5 Å². The van der Waals surface area contributed by atoms with Gasteiger partial charge in [-0.3, -0.25) is 9.69 Å². The largest absolute Gasteiger partial charge is 0.396 e. The number of aryl methyl sites for hydroxylation is 1. The lowest BCUT2D eigenvalue weighted by Crippen LogP contribution is -2.52. The average molecular weight is 280 g/mol. The highest BCUT2D eigenvalue weighted by atomic mass is 16.3. The molecule has 1 aliphatic heterocycles. The van der Waals surface area contributed by atoms with Gasteiger partial charge < -0.3 is 15.4 Å². The summed E-state index contributed by atoms with van der Waals surface area (Å²) in [5.41, 5.74) is 0.849. The molecule has 0 amide bonds. The number of aliphatic hydroxyl groups is 1. The molecular formula is C14H24N4O2. The molecule has 3 N–H and O–H groups in total. The zero-order valence-corrected chi connectivity index (χ0v) is 12.5. The van der Waals surface area contributed by atoms with Crippen molar-refractivity contribution < 1.29 is 5.11 Å². The summed E-state index contributed by atoms with van der Waals surface area (Å²) in [7, 11) is 0. The summed E-state index contributed by atoms with van der Waals surface area (Å²) in [5.74, 6) is 0.698. The first-order valence-electron chi connectivity index (χ1n) is 7.13. The van der Waals surface area contributed by atoms with Crippen molar-refractivity contribution in [3.05, 3.63) is 27.4 Å². The molecule has 0 spiro atoms. The van der Waals surface area contributed by atoms with E-state index < -0.39 is 0 Å². The van der Waals surface area contributed by atoms with Gasteiger partial charge >= 0.3 is 0 Å². The van der Waals surface area contributed by atoms with Crippen molar-refractivity contribution in [1.29, 1.82) is 0 Å². The van der Waals surface area contributed by atoms with Crippen LogP contribution in [-0.2, 0) is 12.0 Å². The van der Waals surface area contributed by atoms with Crippen LogP contribution in [0, 0.1) is 6.92 Å². The maximum Gasteiger partial charge on any atom is 0.254 e. The highest BCUT2D eigenvalue weighted by Gasteiger charge is 2.32. The third-order valence-electron chi connectivity index (χ3n) is 4.07. The molecule has 1 saturated heterocycles. The minimum Gasteiger partial charge on any atom is -0.396 e. The fourth-order valence-corrected chi connectivity index (χ4v) is 2.68. The van der Waals surface area contributed by atoms with Gasteiger partial charge in [0.25, 0.3) is 5.56 Å². The molecule has 0 bridgehead atoms. The minimum atomic E-state index is -0.302. The van der Waals surface area contributed by atoms with E-state index >= 15 is 0 Å². The first-order chi connectivity index (χ1) is 9.46. The standard InChI is InChI=1S/C14H24N4O2/c1-10-11(4-9-19)12(20)17-13(16-10)14(2,3)18-7-5-15-6-8-18/h15,19H,4-9H2,1-3H3,(H,16,17,20). The van der Waals surface area contributed by atoms with Crippen LogP contribution in [0.25, 0.3) is 0 Å². The van der Waals surface area contributed by atoms with Crippen molar-refractivity contribution in [2.75, 3.05) is 32.8 Å². The number of aromatic nitrogens is 2. The van der Waals surface area contributed by atoms with Crippen molar-refractivity contribution in [3.63, 3.8) is 0 Å². The van der Waals surface area contributed by atoms with Crippen molar-refractivity contribution in [2.45, 2.75) is 32.7 Å². The number of hydrogen-bond acceptors (Lipinski definition) is 5. The first-order valence-corrected chi connectivity index (χ1v) is 7.13. The molecule has 112 valence electrons. The Labute approximate surface area is 119 Å². The third-order valence-corrected chi connectivity index (χ3v) is 4.07. The molecule has 0 aromatic carbocycles. The molecule has 2 rings (SSSR count). The lowest BCUT2D eigenvalue weighted by Gasteiger charge is -2.40. The van der Waals surface area contributed by atoms with Crippen LogP contribution in [0.2, 0.25) is 0 Å². The molecule has 1 aromatic rings. The average Bonchev–Trinajstić information content (AvgIpc) is 2.43. The summed E-state index contributed by atoms with van der Waals surface area (Å²) in [6.07, 6.45) is 0.350. The van der Waals surface area contributed by atoms with E-state index in [4.69, 9.17) is 5.11 Å². The molecule has 2 heterocycles. The second-order valence-electron chi connectivity index (χ2n) is 5.75. The van der Waals surface area contributed by atoms with Gasteiger partial charge in [0, 0.05) is 50.5 Å². The van der Waals surface area contributed by atoms with Crippen LogP contribution in [0.5, 0.6) is 0 Å². The number of H-pyrrole nitrogens is 1. The zero-order chi connectivity index (χ0) is 14.8. The van der Waals surface area contributed by atoms with E-state index in [0.717, 1.165) is 26.2 Å². The number of piperazine rings is 1. The van der Waals surface area contributed by atoms with Crippen molar-refractivity contribution in [1.82, 2.24) is 20.2 Å². The van der Waals surface area contributed by atoms with E-state index in [1.807, 2.05) is 6.92 Å². The van der Waals surface area contributed by atoms with Gasteiger partial charge in [-0.15, -0.1) is 0 Å². The van der Waals surface area contributed by atoms with Gasteiger partial charge in [0.05, 0.1) is 5.54 Å². The quantitative estimate of drug-likeness (QED) is 0.709. The third kappa shape index (κ3) is 2.92. The van der Waals surface area contributed by atoms with E-state index in [1.54, 1.807) is 0 Å². The molecule has 0 aliphatic carbocycles. The summed E-state index contributed by atoms with van der Waals surface area (Å²) in [4.78, 5) is 21.9. The molecule has 20 heavy (non-hydrogen) atoms. The highest BCUT2D eigenvalue weighted by molar-refractivity contribution is 5.19. The second-order valence-corrected chi connectivity index (χ2v) is 5.75. The van der Waals surface area contributed by atoms with E-state index in [-0.39, 0.29) is 17.7 Å². The Morgan fingerprint density at radius 1 is 1.35 bits per heavy atom. The Bertz CT molecular complexity index is 518. The second kappa shape index (κ2) is 6.03. The summed E-state index contributed by atoms with van der Waals surface area (Å²) in [6.45, 7) is 9.75. The van der Waals surface area contributed by atoms with Crippen LogP contribution < -0.4 is 10.9 Å². The highest BCUT2D eigenvalue weighted by Crippen LogP contribution is 2.24. The van der Waals surface area contributed by atoms with Crippen LogP contribution >= 0.6 is 0 Å². The first kappa shape index (κ1) is 15.2. The molecule has 0 saturated carbocycles. The monoisotopic (exact) mass is 280 g/mol. The predicted octanol–water partition coefficient (Wildman–Crippen LogP) is -0.247. The molecule has 1 aliphatic rings. The van der Waals surface area contributed by atoms with Gasteiger partial charge in [0.2, 0.25) is 0 Å². The molecule has 6 nitrogen and oxygen atoms in total. The number of nitrogens with one attached hydrogen (secondary N) is 2. The molecular weight excluding hydrogens is 256 g/mol. The molecule has 1 aromatic heterocycles. The van der Waals surface area contributed by atoms with E-state index in [2.05, 4.69) is 34.0 Å². The normalized spacial score (nSPS) is 17.4. The van der Waals surface area contributed by atoms with E-state index in [1.165, 1.54) is 0 Å². The van der Waals surface area contributed by atoms with Crippen LogP contribution in [0.15, 0.2) is 4.79 Å². The van der Waals surface area contributed by atoms with Gasteiger partial charge in [-0.05, 0) is 20.8 Å². The summed E-state index contributed by atoms with van der Waals surface area (Å²) >= 11 is 0. The Morgan fingerprint density at radius 2 is 2.00 bits per heavy atom. The molecule has 0 unspecified atom stereocenters.